The molecule has 0 radical (unpaired) electrons. The number of hydrogen-bond acceptors (Lipinski definition) is 5. The zero-order valence-corrected chi connectivity index (χ0v) is 18.5. The highest BCUT2D eigenvalue weighted by Crippen LogP contribution is 2.27. The standard InChI is InChI=1S/C26H27N5O/c1-18(2)30-9-11-31(12-10-30)23-6-3-19(4-7-23)20-5-8-25-21(13-20)14-24(26(32)29-25)22-15-27-17-28-16-22/h3-8,13-18H,9-12H2,1-2H3,(H,29,32). The molecule has 1 saturated heterocycles. The molecule has 0 bridgehead atoms. The van der Waals surface area contributed by atoms with E-state index in [0.29, 0.717) is 17.2 Å². The molecule has 2 aromatic carbocycles. The summed E-state index contributed by atoms with van der Waals surface area (Å²) in [5.41, 5.74) is 5.52. The highest BCUT2D eigenvalue weighted by atomic mass is 16.1. The summed E-state index contributed by atoms with van der Waals surface area (Å²) in [6.07, 6.45) is 4.78. The van der Waals surface area contributed by atoms with Gasteiger partial charge in [0, 0.05) is 61.4 Å². The quantitative estimate of drug-likeness (QED) is 0.531. The second-order valence-corrected chi connectivity index (χ2v) is 8.60. The summed E-state index contributed by atoms with van der Waals surface area (Å²) in [5.74, 6) is 0. The Morgan fingerprint density at radius 3 is 2.22 bits per heavy atom. The van der Waals surface area contributed by atoms with Crippen LogP contribution in [0.3, 0.4) is 0 Å². The normalized spacial score (nSPS) is 14.9. The Morgan fingerprint density at radius 2 is 1.53 bits per heavy atom. The molecule has 4 aromatic rings. The molecule has 0 saturated carbocycles. The Kier molecular flexibility index (Phi) is 5.45. The molecule has 3 heterocycles. The van der Waals surface area contributed by atoms with E-state index in [0.717, 1.165) is 48.2 Å². The topological polar surface area (TPSA) is 65.1 Å². The van der Waals surface area contributed by atoms with Gasteiger partial charge in [0.15, 0.2) is 0 Å². The van der Waals surface area contributed by atoms with E-state index >= 15 is 0 Å². The van der Waals surface area contributed by atoms with Crippen molar-refractivity contribution in [1.82, 2.24) is 19.9 Å². The number of anilines is 1. The number of H-pyrrole nitrogens is 1. The minimum atomic E-state index is -0.137. The van der Waals surface area contributed by atoms with Gasteiger partial charge >= 0.3 is 0 Å². The van der Waals surface area contributed by atoms with E-state index in [9.17, 15) is 4.79 Å². The average molecular weight is 426 g/mol. The van der Waals surface area contributed by atoms with Crippen LogP contribution >= 0.6 is 0 Å². The number of rotatable bonds is 4. The summed E-state index contributed by atoms with van der Waals surface area (Å²) >= 11 is 0. The van der Waals surface area contributed by atoms with Crippen LogP contribution in [0, 0.1) is 0 Å². The molecular weight excluding hydrogens is 398 g/mol. The molecule has 0 aliphatic carbocycles. The second kappa shape index (κ2) is 8.55. The fourth-order valence-electron chi connectivity index (χ4n) is 4.40. The van der Waals surface area contributed by atoms with Gasteiger partial charge in [-0.15, -0.1) is 0 Å². The van der Waals surface area contributed by atoms with Crippen molar-refractivity contribution in [3.63, 3.8) is 0 Å². The molecule has 32 heavy (non-hydrogen) atoms. The maximum atomic E-state index is 12.5. The second-order valence-electron chi connectivity index (χ2n) is 8.60. The zero-order chi connectivity index (χ0) is 22.1. The van der Waals surface area contributed by atoms with E-state index in [1.165, 1.54) is 12.0 Å². The molecule has 1 fully saturated rings. The molecule has 1 N–H and O–H groups in total. The number of hydrogen-bond donors (Lipinski definition) is 1. The highest BCUT2D eigenvalue weighted by molar-refractivity contribution is 5.87. The first-order valence-corrected chi connectivity index (χ1v) is 11.1. The van der Waals surface area contributed by atoms with E-state index in [1.54, 1.807) is 12.4 Å². The predicted octanol–water partition coefficient (Wildman–Crippen LogP) is 4.18. The third-order valence-electron chi connectivity index (χ3n) is 6.33. The van der Waals surface area contributed by atoms with Gasteiger partial charge in [-0.2, -0.15) is 0 Å². The minimum Gasteiger partial charge on any atom is -0.369 e. The van der Waals surface area contributed by atoms with Crippen LogP contribution in [0.4, 0.5) is 5.69 Å². The maximum absolute atomic E-state index is 12.5. The Bertz CT molecular complexity index is 1270. The van der Waals surface area contributed by atoms with Crippen LogP contribution < -0.4 is 10.5 Å². The van der Waals surface area contributed by atoms with E-state index in [-0.39, 0.29) is 5.56 Å². The lowest BCUT2D eigenvalue weighted by molar-refractivity contribution is 0.209. The molecule has 1 aliphatic heterocycles. The van der Waals surface area contributed by atoms with Crippen molar-refractivity contribution < 1.29 is 0 Å². The van der Waals surface area contributed by atoms with Gasteiger partial charge in [0.25, 0.3) is 5.56 Å². The molecule has 0 amide bonds. The number of aromatic amines is 1. The van der Waals surface area contributed by atoms with Crippen LogP contribution in [0.25, 0.3) is 33.2 Å². The van der Waals surface area contributed by atoms with Crippen molar-refractivity contribution >= 4 is 16.6 Å². The van der Waals surface area contributed by atoms with Gasteiger partial charge in [0.1, 0.15) is 6.33 Å². The van der Waals surface area contributed by atoms with Gasteiger partial charge in [0.2, 0.25) is 0 Å². The molecule has 1 aliphatic rings. The first-order valence-electron chi connectivity index (χ1n) is 11.1. The minimum absolute atomic E-state index is 0.137. The van der Waals surface area contributed by atoms with Crippen LogP contribution in [-0.2, 0) is 0 Å². The lowest BCUT2D eigenvalue weighted by atomic mass is 10.0. The van der Waals surface area contributed by atoms with E-state index in [4.69, 9.17) is 0 Å². The third kappa shape index (κ3) is 4.01. The summed E-state index contributed by atoms with van der Waals surface area (Å²) in [6.45, 7) is 8.87. The molecule has 6 heteroatoms. The lowest BCUT2D eigenvalue weighted by Gasteiger charge is -2.38. The van der Waals surface area contributed by atoms with Gasteiger partial charge in [0.05, 0.1) is 5.56 Å². The summed E-state index contributed by atoms with van der Waals surface area (Å²) in [4.78, 5) is 28.6. The molecule has 5 rings (SSSR count). The van der Waals surface area contributed by atoms with Crippen LogP contribution in [0.5, 0.6) is 0 Å². The van der Waals surface area contributed by atoms with E-state index in [1.807, 2.05) is 12.1 Å². The fourth-order valence-corrected chi connectivity index (χ4v) is 4.40. The van der Waals surface area contributed by atoms with Crippen molar-refractivity contribution in [3.8, 4) is 22.3 Å². The highest BCUT2D eigenvalue weighted by Gasteiger charge is 2.19. The number of benzene rings is 2. The molecule has 0 atom stereocenters. The number of piperazine rings is 1. The van der Waals surface area contributed by atoms with Crippen molar-refractivity contribution in [1.29, 1.82) is 0 Å². The Hall–Kier alpha value is -3.51. The molecule has 0 spiro atoms. The van der Waals surface area contributed by atoms with Gasteiger partial charge in [-0.1, -0.05) is 18.2 Å². The average Bonchev–Trinajstić information content (AvgIpc) is 2.84. The first-order chi connectivity index (χ1) is 15.6. The smallest absolute Gasteiger partial charge is 0.256 e. The number of fused-ring (bicyclic) bond motifs is 1. The Morgan fingerprint density at radius 1 is 0.844 bits per heavy atom. The van der Waals surface area contributed by atoms with Crippen LogP contribution in [-0.4, -0.2) is 52.1 Å². The van der Waals surface area contributed by atoms with Gasteiger partial charge in [-0.25, -0.2) is 9.97 Å². The summed E-state index contributed by atoms with van der Waals surface area (Å²) in [6, 6.07) is 17.5. The zero-order valence-electron chi connectivity index (χ0n) is 18.5. The van der Waals surface area contributed by atoms with Crippen LogP contribution in [0.1, 0.15) is 13.8 Å². The van der Waals surface area contributed by atoms with Gasteiger partial charge in [-0.05, 0) is 60.7 Å². The predicted molar refractivity (Wildman–Crippen MR) is 130 cm³/mol. The van der Waals surface area contributed by atoms with E-state index in [2.05, 4.69) is 75.0 Å². The van der Waals surface area contributed by atoms with Crippen molar-refractivity contribution in [2.45, 2.75) is 19.9 Å². The lowest BCUT2D eigenvalue weighted by Crippen LogP contribution is -2.48. The third-order valence-corrected chi connectivity index (χ3v) is 6.33. The monoisotopic (exact) mass is 425 g/mol. The summed E-state index contributed by atoms with van der Waals surface area (Å²) in [5, 5.41) is 0.981. The Labute approximate surface area is 187 Å². The number of nitrogens with zero attached hydrogens (tertiary/aromatic N) is 4. The van der Waals surface area contributed by atoms with Crippen molar-refractivity contribution in [3.05, 3.63) is 77.6 Å². The molecule has 6 nitrogen and oxygen atoms in total. The molecule has 162 valence electrons. The largest absolute Gasteiger partial charge is 0.369 e. The molecular formula is C26H27N5O. The summed E-state index contributed by atoms with van der Waals surface area (Å²) < 4.78 is 0. The van der Waals surface area contributed by atoms with Gasteiger partial charge in [-0.3, -0.25) is 9.69 Å². The van der Waals surface area contributed by atoms with Crippen molar-refractivity contribution in [2.75, 3.05) is 31.1 Å². The van der Waals surface area contributed by atoms with E-state index < -0.39 is 0 Å². The van der Waals surface area contributed by atoms with Gasteiger partial charge < -0.3 is 9.88 Å². The maximum Gasteiger partial charge on any atom is 0.256 e. The Balaban J connectivity index is 1.41. The molecule has 0 unspecified atom stereocenters. The fraction of sp³-hybridized carbons (Fsp3) is 0.269. The first kappa shape index (κ1) is 20.4. The number of aromatic nitrogens is 3. The number of pyridine rings is 1. The number of nitrogens with one attached hydrogen (secondary N) is 1. The SMILES string of the molecule is CC(C)N1CCN(c2ccc(-c3ccc4[nH]c(=O)c(-c5cncnc5)cc4c3)cc2)CC1. The van der Waals surface area contributed by atoms with Crippen molar-refractivity contribution in [2.24, 2.45) is 0 Å². The molecule has 2 aromatic heterocycles. The van der Waals surface area contributed by atoms with Crippen LogP contribution in [0.15, 0.2) is 72.0 Å². The summed E-state index contributed by atoms with van der Waals surface area (Å²) in [7, 11) is 0. The van der Waals surface area contributed by atoms with Crippen LogP contribution in [0.2, 0.25) is 0 Å².